The zero-order chi connectivity index (χ0) is 18.2. The fraction of sp³-hybridized carbons (Fsp3) is 0.238. The first kappa shape index (κ1) is 17.9. The maximum atomic E-state index is 5.59. The molecule has 3 rings (SSSR count). The van der Waals surface area contributed by atoms with Crippen molar-refractivity contribution < 1.29 is 9.47 Å². The standard InChI is InChI=1S/C21H23N3O2/c1-25-20-10-5-8-18(21(20)26-2)15-24(14-17-7-6-11-22-13-17)16-19-9-3-4-12-23-19/h3-13H,14-16H2,1-2H3. The second-order valence-electron chi connectivity index (χ2n) is 5.98. The molecule has 0 aliphatic carbocycles. The van der Waals surface area contributed by atoms with E-state index in [0.717, 1.165) is 41.4 Å². The first-order valence-corrected chi connectivity index (χ1v) is 8.51. The zero-order valence-electron chi connectivity index (χ0n) is 15.1. The number of hydrogen-bond acceptors (Lipinski definition) is 5. The minimum absolute atomic E-state index is 0.714. The first-order valence-electron chi connectivity index (χ1n) is 8.51. The minimum Gasteiger partial charge on any atom is -0.493 e. The van der Waals surface area contributed by atoms with Crippen LogP contribution in [0.3, 0.4) is 0 Å². The summed E-state index contributed by atoms with van der Waals surface area (Å²) in [5.74, 6) is 1.51. The van der Waals surface area contributed by atoms with E-state index in [1.54, 1.807) is 20.4 Å². The lowest BCUT2D eigenvalue weighted by Gasteiger charge is -2.23. The Balaban J connectivity index is 1.86. The summed E-state index contributed by atoms with van der Waals surface area (Å²) >= 11 is 0. The van der Waals surface area contributed by atoms with Crippen molar-refractivity contribution in [2.24, 2.45) is 0 Å². The molecule has 2 aromatic heterocycles. The Morgan fingerprint density at radius 2 is 1.77 bits per heavy atom. The van der Waals surface area contributed by atoms with Gasteiger partial charge in [-0.25, -0.2) is 0 Å². The molecule has 0 radical (unpaired) electrons. The van der Waals surface area contributed by atoms with E-state index in [0.29, 0.717) is 6.54 Å². The second kappa shape index (κ2) is 8.97. The van der Waals surface area contributed by atoms with E-state index in [-0.39, 0.29) is 0 Å². The molecule has 5 heteroatoms. The summed E-state index contributed by atoms with van der Waals surface area (Å²) in [4.78, 5) is 11.0. The summed E-state index contributed by atoms with van der Waals surface area (Å²) in [6.07, 6.45) is 5.51. The Labute approximate surface area is 154 Å². The molecule has 0 unspecified atom stereocenters. The summed E-state index contributed by atoms with van der Waals surface area (Å²) in [6.45, 7) is 2.21. The van der Waals surface area contributed by atoms with Crippen molar-refractivity contribution in [3.63, 3.8) is 0 Å². The van der Waals surface area contributed by atoms with Crippen LogP contribution in [0.2, 0.25) is 0 Å². The molecule has 0 N–H and O–H groups in total. The van der Waals surface area contributed by atoms with Gasteiger partial charge in [0, 0.05) is 43.8 Å². The van der Waals surface area contributed by atoms with Crippen LogP contribution < -0.4 is 9.47 Å². The molecule has 3 aromatic rings. The van der Waals surface area contributed by atoms with Gasteiger partial charge in [0.05, 0.1) is 19.9 Å². The molecular formula is C21H23N3O2. The summed E-state index contributed by atoms with van der Waals surface area (Å²) in [7, 11) is 3.33. The van der Waals surface area contributed by atoms with Crippen LogP contribution in [0.4, 0.5) is 0 Å². The summed E-state index contributed by atoms with van der Waals surface area (Å²) in [6, 6.07) is 16.0. The van der Waals surface area contributed by atoms with Gasteiger partial charge >= 0.3 is 0 Å². The lowest BCUT2D eigenvalue weighted by atomic mass is 10.1. The predicted octanol–water partition coefficient (Wildman–Crippen LogP) is 3.70. The van der Waals surface area contributed by atoms with Gasteiger partial charge in [0.25, 0.3) is 0 Å². The van der Waals surface area contributed by atoms with Crippen LogP contribution in [0.1, 0.15) is 16.8 Å². The Morgan fingerprint density at radius 3 is 2.46 bits per heavy atom. The van der Waals surface area contributed by atoms with Gasteiger partial charge in [-0.1, -0.05) is 24.3 Å². The number of benzene rings is 1. The highest BCUT2D eigenvalue weighted by atomic mass is 16.5. The minimum atomic E-state index is 0.714. The molecule has 0 aliphatic rings. The van der Waals surface area contributed by atoms with Crippen LogP contribution in [0.15, 0.2) is 67.1 Å². The molecule has 0 saturated heterocycles. The maximum absolute atomic E-state index is 5.59. The number of para-hydroxylation sites is 1. The van der Waals surface area contributed by atoms with Crippen LogP contribution in [0, 0.1) is 0 Å². The largest absolute Gasteiger partial charge is 0.493 e. The van der Waals surface area contributed by atoms with E-state index in [1.807, 2.05) is 48.8 Å². The average Bonchev–Trinajstić information content (AvgIpc) is 2.69. The van der Waals surface area contributed by atoms with Crippen LogP contribution in [-0.4, -0.2) is 29.1 Å². The van der Waals surface area contributed by atoms with Gasteiger partial charge < -0.3 is 9.47 Å². The van der Waals surface area contributed by atoms with Crippen molar-refractivity contribution in [2.75, 3.05) is 14.2 Å². The van der Waals surface area contributed by atoms with Gasteiger partial charge in [0.2, 0.25) is 0 Å². The summed E-state index contributed by atoms with van der Waals surface area (Å²) < 4.78 is 11.0. The highest BCUT2D eigenvalue weighted by Gasteiger charge is 2.15. The van der Waals surface area contributed by atoms with Crippen molar-refractivity contribution in [2.45, 2.75) is 19.6 Å². The summed E-state index contributed by atoms with van der Waals surface area (Å²) in [5.41, 5.74) is 3.26. The van der Waals surface area contributed by atoms with Crippen LogP contribution in [0.5, 0.6) is 11.5 Å². The Bertz CT molecular complexity index is 768. The molecule has 0 fully saturated rings. The van der Waals surface area contributed by atoms with Gasteiger partial charge in [-0.15, -0.1) is 0 Å². The molecule has 0 aliphatic heterocycles. The van der Waals surface area contributed by atoms with E-state index in [1.165, 1.54) is 0 Å². The molecule has 0 atom stereocenters. The predicted molar refractivity (Wildman–Crippen MR) is 101 cm³/mol. The number of hydrogen-bond donors (Lipinski definition) is 0. The SMILES string of the molecule is COc1cccc(CN(Cc2cccnc2)Cc2ccccn2)c1OC. The topological polar surface area (TPSA) is 47.5 Å². The smallest absolute Gasteiger partial charge is 0.165 e. The lowest BCUT2D eigenvalue weighted by molar-refractivity contribution is 0.239. The number of pyridine rings is 2. The third kappa shape index (κ3) is 4.58. The van der Waals surface area contributed by atoms with Gasteiger partial charge in [-0.05, 0) is 29.8 Å². The van der Waals surface area contributed by atoms with Crippen LogP contribution >= 0.6 is 0 Å². The van der Waals surface area contributed by atoms with Gasteiger partial charge in [0.1, 0.15) is 0 Å². The quantitative estimate of drug-likeness (QED) is 0.621. The fourth-order valence-corrected chi connectivity index (χ4v) is 2.96. The molecule has 0 spiro atoms. The molecule has 0 saturated carbocycles. The van der Waals surface area contributed by atoms with Crippen molar-refractivity contribution in [3.05, 3.63) is 83.9 Å². The highest BCUT2D eigenvalue weighted by Crippen LogP contribution is 2.32. The number of ether oxygens (including phenoxy) is 2. The molecular weight excluding hydrogens is 326 g/mol. The van der Waals surface area contributed by atoms with Crippen molar-refractivity contribution in [3.8, 4) is 11.5 Å². The third-order valence-corrected chi connectivity index (χ3v) is 4.12. The van der Waals surface area contributed by atoms with E-state index < -0.39 is 0 Å². The van der Waals surface area contributed by atoms with Crippen LogP contribution in [-0.2, 0) is 19.6 Å². The van der Waals surface area contributed by atoms with Crippen molar-refractivity contribution >= 4 is 0 Å². The second-order valence-corrected chi connectivity index (χ2v) is 5.98. The molecule has 134 valence electrons. The van der Waals surface area contributed by atoms with Gasteiger partial charge in [-0.3, -0.25) is 14.9 Å². The monoisotopic (exact) mass is 349 g/mol. The van der Waals surface area contributed by atoms with E-state index in [9.17, 15) is 0 Å². The lowest BCUT2D eigenvalue weighted by Crippen LogP contribution is -2.23. The molecule has 5 nitrogen and oxygen atoms in total. The van der Waals surface area contributed by atoms with Gasteiger partial charge in [0.15, 0.2) is 11.5 Å². The number of aromatic nitrogens is 2. The van der Waals surface area contributed by atoms with E-state index >= 15 is 0 Å². The molecule has 1 aromatic carbocycles. The Morgan fingerprint density at radius 1 is 0.846 bits per heavy atom. The Hall–Kier alpha value is -2.92. The van der Waals surface area contributed by atoms with E-state index in [4.69, 9.17) is 9.47 Å². The molecule has 26 heavy (non-hydrogen) atoms. The van der Waals surface area contributed by atoms with Crippen molar-refractivity contribution in [1.29, 1.82) is 0 Å². The first-order chi connectivity index (χ1) is 12.8. The number of nitrogens with zero attached hydrogens (tertiary/aromatic N) is 3. The van der Waals surface area contributed by atoms with Crippen molar-refractivity contribution in [1.82, 2.24) is 14.9 Å². The summed E-state index contributed by atoms with van der Waals surface area (Å²) in [5, 5.41) is 0. The maximum Gasteiger partial charge on any atom is 0.165 e. The molecule has 2 heterocycles. The fourth-order valence-electron chi connectivity index (χ4n) is 2.96. The highest BCUT2D eigenvalue weighted by molar-refractivity contribution is 5.46. The van der Waals surface area contributed by atoms with E-state index in [2.05, 4.69) is 27.0 Å². The van der Waals surface area contributed by atoms with Gasteiger partial charge in [-0.2, -0.15) is 0 Å². The molecule has 0 bridgehead atoms. The average molecular weight is 349 g/mol. The number of methoxy groups -OCH3 is 2. The third-order valence-electron chi connectivity index (χ3n) is 4.12. The molecule has 0 amide bonds. The zero-order valence-corrected chi connectivity index (χ0v) is 15.1. The number of rotatable bonds is 8. The Kier molecular flexibility index (Phi) is 6.17. The normalized spacial score (nSPS) is 10.7. The van der Waals surface area contributed by atoms with Crippen LogP contribution in [0.25, 0.3) is 0 Å².